The summed E-state index contributed by atoms with van der Waals surface area (Å²) in [7, 11) is -1.09. The Balaban J connectivity index is 1.53. The van der Waals surface area contributed by atoms with Gasteiger partial charge in [0.25, 0.3) is 0 Å². The Morgan fingerprint density at radius 1 is 1.15 bits per heavy atom. The van der Waals surface area contributed by atoms with Crippen LogP contribution in [0.5, 0.6) is 5.75 Å². The van der Waals surface area contributed by atoms with Crippen LogP contribution in [-0.4, -0.2) is 20.6 Å². The second-order valence-electron chi connectivity index (χ2n) is 8.81. The molecule has 0 amide bonds. The van der Waals surface area contributed by atoms with Gasteiger partial charge in [-0.25, -0.2) is 4.21 Å². The van der Waals surface area contributed by atoms with E-state index >= 15 is 0 Å². The highest BCUT2D eigenvalue weighted by molar-refractivity contribution is 7.87. The van der Waals surface area contributed by atoms with Crippen LogP contribution in [0.4, 0.5) is 14.5 Å². The molecule has 33 heavy (non-hydrogen) atoms. The van der Waals surface area contributed by atoms with Crippen LogP contribution in [0.15, 0.2) is 42.5 Å². The summed E-state index contributed by atoms with van der Waals surface area (Å²) in [6.07, 6.45) is 6.49. The van der Waals surface area contributed by atoms with E-state index in [2.05, 4.69) is 20.1 Å². The number of benzene rings is 2. The number of aryl methyl sites for hydroxylation is 1. The first-order valence-electron chi connectivity index (χ1n) is 11.3. The molecule has 172 valence electrons. The number of nitrogens with one attached hydrogen (secondary N) is 1. The van der Waals surface area contributed by atoms with Crippen LogP contribution in [0.1, 0.15) is 44.1 Å². The van der Waals surface area contributed by atoms with Gasteiger partial charge in [0.15, 0.2) is 0 Å². The van der Waals surface area contributed by atoms with Gasteiger partial charge < -0.3 is 14.0 Å². The van der Waals surface area contributed by atoms with Crippen molar-refractivity contribution in [1.82, 2.24) is 4.57 Å². The minimum atomic E-state index is -2.90. The number of halogens is 2. The lowest BCUT2D eigenvalue weighted by Crippen LogP contribution is -2.27. The summed E-state index contributed by atoms with van der Waals surface area (Å²) in [5, 5.41) is 10.9. The number of fused-ring (bicyclic) bond motifs is 1. The van der Waals surface area contributed by atoms with Gasteiger partial charge in [-0.05, 0) is 55.0 Å². The molecular formula is C25H25F2N3O2S. The quantitative estimate of drug-likeness (QED) is 0.405. The smallest absolute Gasteiger partial charge is 0.387 e. The fraction of sp³-hybridized carbons (Fsp3) is 0.400. The Morgan fingerprint density at radius 2 is 1.91 bits per heavy atom. The molecule has 0 saturated heterocycles. The van der Waals surface area contributed by atoms with Crippen LogP contribution >= 0.6 is 0 Å². The number of hydrogen-bond acceptors (Lipinski definition) is 3. The van der Waals surface area contributed by atoms with Crippen molar-refractivity contribution in [2.45, 2.75) is 56.9 Å². The van der Waals surface area contributed by atoms with Crippen molar-refractivity contribution in [3.05, 3.63) is 48.0 Å². The maximum Gasteiger partial charge on any atom is 0.387 e. The van der Waals surface area contributed by atoms with Crippen molar-refractivity contribution in [2.24, 2.45) is 5.92 Å². The van der Waals surface area contributed by atoms with Gasteiger partial charge in [0.2, 0.25) is 0 Å². The number of rotatable bonds is 9. The van der Waals surface area contributed by atoms with Crippen LogP contribution in [-0.2, 0) is 17.5 Å². The molecule has 2 aliphatic carbocycles. The van der Waals surface area contributed by atoms with Gasteiger partial charge in [0, 0.05) is 23.7 Å². The predicted octanol–water partition coefficient (Wildman–Crippen LogP) is 6.21. The molecule has 0 radical (unpaired) electrons. The standard InChI is InChI=1S/C25H25F2N3O2S/c26-25(27)32-19-10-11-21-22(15-28)24(30(23(21)14-19)13-12-16-4-5-16)17-6-8-18(9-7-17)29-33(31)20-2-1-3-20/h6-11,14,16,20,25,29H,1-5,12-13H2. The fourth-order valence-corrected chi connectivity index (χ4v) is 5.65. The summed E-state index contributed by atoms with van der Waals surface area (Å²) >= 11 is 0. The molecule has 0 bridgehead atoms. The highest BCUT2D eigenvalue weighted by Gasteiger charge is 2.25. The van der Waals surface area contributed by atoms with Gasteiger partial charge in [-0.3, -0.25) is 0 Å². The highest BCUT2D eigenvalue weighted by Crippen LogP contribution is 2.39. The number of hydrogen-bond donors (Lipinski definition) is 1. The summed E-state index contributed by atoms with van der Waals surface area (Å²) in [6, 6.07) is 14.7. The van der Waals surface area contributed by atoms with E-state index in [1.165, 1.54) is 18.9 Å². The van der Waals surface area contributed by atoms with Crippen LogP contribution < -0.4 is 9.46 Å². The van der Waals surface area contributed by atoms with Gasteiger partial charge in [0.05, 0.1) is 22.0 Å². The van der Waals surface area contributed by atoms with E-state index in [-0.39, 0.29) is 11.0 Å². The molecule has 8 heteroatoms. The Hall–Kier alpha value is -2.92. The highest BCUT2D eigenvalue weighted by atomic mass is 32.2. The minimum absolute atomic E-state index is 0.0803. The first kappa shape index (κ1) is 21.9. The van der Waals surface area contributed by atoms with E-state index < -0.39 is 17.6 Å². The van der Waals surface area contributed by atoms with Crippen LogP contribution in [0, 0.1) is 17.2 Å². The van der Waals surface area contributed by atoms with Gasteiger partial charge >= 0.3 is 6.61 Å². The SMILES string of the molecule is N#Cc1c(-c2ccc(NS(=O)C3CCC3)cc2)n(CCC2CC2)c2cc(OC(F)F)ccc12. The number of nitrogens with zero attached hydrogens (tertiary/aromatic N) is 2. The summed E-state index contributed by atoms with van der Waals surface area (Å²) in [4.78, 5) is 0. The average Bonchev–Trinajstić information content (AvgIpc) is 3.52. The number of nitriles is 1. The topological polar surface area (TPSA) is 67.0 Å². The molecule has 2 aromatic carbocycles. The van der Waals surface area contributed by atoms with Crippen molar-refractivity contribution < 1.29 is 17.7 Å². The van der Waals surface area contributed by atoms with Crippen molar-refractivity contribution in [3.63, 3.8) is 0 Å². The molecule has 5 rings (SSSR count). The number of alkyl halides is 2. The molecule has 3 aromatic rings. The van der Waals surface area contributed by atoms with Gasteiger partial charge in [-0.2, -0.15) is 14.0 Å². The second kappa shape index (κ2) is 9.14. The Labute approximate surface area is 193 Å². The van der Waals surface area contributed by atoms with Crippen molar-refractivity contribution in [2.75, 3.05) is 4.72 Å². The molecule has 0 spiro atoms. The number of ether oxygens (including phenoxy) is 1. The maximum atomic E-state index is 12.8. The molecular weight excluding hydrogens is 444 g/mol. The monoisotopic (exact) mass is 469 g/mol. The second-order valence-corrected chi connectivity index (χ2v) is 10.3. The Kier molecular flexibility index (Phi) is 6.07. The van der Waals surface area contributed by atoms with Crippen LogP contribution in [0.3, 0.4) is 0 Å². The van der Waals surface area contributed by atoms with Crippen molar-refractivity contribution in [1.29, 1.82) is 5.26 Å². The third-order valence-electron chi connectivity index (χ3n) is 6.56. The zero-order valence-electron chi connectivity index (χ0n) is 18.1. The van der Waals surface area contributed by atoms with Gasteiger partial charge in [0.1, 0.15) is 22.8 Å². The average molecular weight is 470 g/mol. The zero-order chi connectivity index (χ0) is 22.9. The van der Waals surface area contributed by atoms with E-state index in [1.54, 1.807) is 12.1 Å². The molecule has 5 nitrogen and oxygen atoms in total. The van der Waals surface area contributed by atoms with E-state index in [9.17, 15) is 18.3 Å². The molecule has 1 aromatic heterocycles. The Morgan fingerprint density at radius 3 is 2.52 bits per heavy atom. The van der Waals surface area contributed by atoms with E-state index in [4.69, 9.17) is 0 Å². The third kappa shape index (κ3) is 4.60. The fourth-order valence-electron chi connectivity index (χ4n) is 4.35. The molecule has 2 saturated carbocycles. The summed E-state index contributed by atoms with van der Waals surface area (Å²) < 4.78 is 47.7. The first-order chi connectivity index (χ1) is 16.0. The number of aromatic nitrogens is 1. The molecule has 1 atom stereocenters. The lowest BCUT2D eigenvalue weighted by molar-refractivity contribution is -0.0497. The molecule has 1 heterocycles. The Bertz CT molecular complexity index is 1230. The number of anilines is 1. The lowest BCUT2D eigenvalue weighted by Gasteiger charge is -2.24. The maximum absolute atomic E-state index is 12.8. The minimum Gasteiger partial charge on any atom is -0.435 e. The van der Waals surface area contributed by atoms with Crippen molar-refractivity contribution >= 4 is 27.6 Å². The molecule has 2 fully saturated rings. The summed E-state index contributed by atoms with van der Waals surface area (Å²) in [5.41, 5.74) is 3.64. The summed E-state index contributed by atoms with van der Waals surface area (Å²) in [5.74, 6) is 0.756. The first-order valence-corrected chi connectivity index (χ1v) is 12.5. The van der Waals surface area contributed by atoms with E-state index in [0.717, 1.165) is 48.0 Å². The zero-order valence-corrected chi connectivity index (χ0v) is 18.9. The molecule has 2 aliphatic rings. The van der Waals surface area contributed by atoms with Crippen LogP contribution in [0.25, 0.3) is 22.2 Å². The van der Waals surface area contributed by atoms with E-state index in [1.807, 2.05) is 24.3 Å². The molecule has 1 unspecified atom stereocenters. The third-order valence-corrected chi connectivity index (χ3v) is 8.08. The molecule has 1 N–H and O–H groups in total. The predicted molar refractivity (Wildman–Crippen MR) is 125 cm³/mol. The normalized spacial score (nSPS) is 17.0. The van der Waals surface area contributed by atoms with Gasteiger partial charge in [-0.1, -0.05) is 31.4 Å². The van der Waals surface area contributed by atoms with E-state index in [0.29, 0.717) is 23.5 Å². The lowest BCUT2D eigenvalue weighted by atomic mass is 10.0. The largest absolute Gasteiger partial charge is 0.435 e. The molecule has 0 aliphatic heterocycles. The summed E-state index contributed by atoms with van der Waals surface area (Å²) in [6.45, 7) is -2.21. The van der Waals surface area contributed by atoms with Gasteiger partial charge in [-0.15, -0.1) is 0 Å². The van der Waals surface area contributed by atoms with Crippen LogP contribution in [0.2, 0.25) is 0 Å². The van der Waals surface area contributed by atoms with Crippen molar-refractivity contribution in [3.8, 4) is 23.1 Å².